The largest absolute Gasteiger partial charge is 0.505 e. The highest BCUT2D eigenvalue weighted by Crippen LogP contribution is 2.32. The zero-order valence-electron chi connectivity index (χ0n) is 22.7. The molecule has 3 rings (SSSR count). The molecule has 1 aromatic heterocycles. The SMILES string of the molecule is CCc1cccc(CNC[C@H](O)[C@H](Cc2cc(F)cc(F)c2)NC(=O)c2nc(C(O)C(C)(C)C)ccc2O)c1. The molecule has 0 bridgehead atoms. The highest BCUT2D eigenvalue weighted by Gasteiger charge is 2.28. The standard InChI is InChI=1S/C30H37F2N3O4/c1-5-18-7-6-8-19(11-18)16-33-17-26(37)24(14-20-12-21(31)15-22(32)13-20)35-29(39)27-25(36)10-9-23(34-27)28(38)30(2,3)4/h6-13,15,24,26,28,33,36-38H,5,14,16-17H2,1-4H3,(H,35,39)/t24-,26-,28?/m0/s1. The first-order chi connectivity index (χ1) is 18.4. The number of aromatic hydroxyl groups is 1. The van der Waals surface area contributed by atoms with E-state index in [-0.39, 0.29) is 29.9 Å². The molecule has 39 heavy (non-hydrogen) atoms. The van der Waals surface area contributed by atoms with Crippen LogP contribution in [0.4, 0.5) is 8.78 Å². The number of benzene rings is 2. The Hall–Kier alpha value is -3.40. The van der Waals surface area contributed by atoms with Crippen LogP contribution >= 0.6 is 0 Å². The normalized spacial score (nSPS) is 14.1. The number of carbonyl (C=O) groups excluding carboxylic acids is 1. The fourth-order valence-corrected chi connectivity index (χ4v) is 4.20. The van der Waals surface area contributed by atoms with Crippen LogP contribution in [0.1, 0.15) is 66.7 Å². The molecule has 3 aromatic rings. The first kappa shape index (κ1) is 30.1. The average molecular weight is 542 g/mol. The van der Waals surface area contributed by atoms with Crippen LogP contribution in [0.25, 0.3) is 0 Å². The lowest BCUT2D eigenvalue weighted by Crippen LogP contribution is -2.49. The molecule has 3 atom stereocenters. The summed E-state index contributed by atoms with van der Waals surface area (Å²) < 4.78 is 27.7. The van der Waals surface area contributed by atoms with E-state index in [0.29, 0.717) is 6.54 Å². The number of aromatic nitrogens is 1. The van der Waals surface area contributed by atoms with Gasteiger partial charge in [-0.25, -0.2) is 13.8 Å². The number of rotatable bonds is 11. The van der Waals surface area contributed by atoms with E-state index in [4.69, 9.17) is 0 Å². The number of nitrogens with zero attached hydrogens (tertiary/aromatic N) is 1. The van der Waals surface area contributed by atoms with E-state index >= 15 is 0 Å². The molecular weight excluding hydrogens is 504 g/mol. The Morgan fingerprint density at radius 3 is 2.28 bits per heavy atom. The lowest BCUT2D eigenvalue weighted by Gasteiger charge is -2.26. The van der Waals surface area contributed by atoms with Gasteiger partial charge in [0, 0.05) is 19.2 Å². The first-order valence-corrected chi connectivity index (χ1v) is 13.0. The first-order valence-electron chi connectivity index (χ1n) is 13.0. The predicted octanol–water partition coefficient (Wildman–Crippen LogP) is 4.20. The Kier molecular flexibility index (Phi) is 10.1. The van der Waals surface area contributed by atoms with E-state index in [9.17, 15) is 28.9 Å². The van der Waals surface area contributed by atoms with Gasteiger partial charge in [-0.15, -0.1) is 0 Å². The smallest absolute Gasteiger partial charge is 0.274 e. The Morgan fingerprint density at radius 1 is 0.974 bits per heavy atom. The molecule has 1 heterocycles. The van der Waals surface area contributed by atoms with Crippen molar-refractivity contribution in [3.8, 4) is 5.75 Å². The Labute approximate surface area is 227 Å². The average Bonchev–Trinajstić information content (AvgIpc) is 2.87. The maximum Gasteiger partial charge on any atom is 0.274 e. The second-order valence-electron chi connectivity index (χ2n) is 10.8. The highest BCUT2D eigenvalue weighted by molar-refractivity contribution is 5.95. The van der Waals surface area contributed by atoms with Crippen LogP contribution in [0.5, 0.6) is 5.75 Å². The van der Waals surface area contributed by atoms with Crippen molar-refractivity contribution in [3.05, 3.63) is 94.3 Å². The van der Waals surface area contributed by atoms with Gasteiger partial charge in [-0.2, -0.15) is 0 Å². The number of amides is 1. The fraction of sp³-hybridized carbons (Fsp3) is 0.400. The third-order valence-corrected chi connectivity index (χ3v) is 6.45. The number of pyridine rings is 1. The number of aliphatic hydroxyl groups excluding tert-OH is 2. The number of aliphatic hydroxyl groups is 2. The molecule has 0 aliphatic rings. The van der Waals surface area contributed by atoms with Crippen molar-refractivity contribution >= 4 is 5.91 Å². The lowest BCUT2D eigenvalue weighted by molar-refractivity contribution is 0.0583. The van der Waals surface area contributed by atoms with Crippen LogP contribution in [-0.2, 0) is 19.4 Å². The third-order valence-electron chi connectivity index (χ3n) is 6.45. The van der Waals surface area contributed by atoms with Crippen molar-refractivity contribution in [2.45, 2.75) is 65.3 Å². The quantitative estimate of drug-likeness (QED) is 0.249. The molecule has 7 nitrogen and oxygen atoms in total. The van der Waals surface area contributed by atoms with Gasteiger partial charge in [0.25, 0.3) is 5.91 Å². The topological polar surface area (TPSA) is 115 Å². The van der Waals surface area contributed by atoms with Gasteiger partial charge in [-0.05, 0) is 59.2 Å². The van der Waals surface area contributed by atoms with Gasteiger partial charge in [-0.3, -0.25) is 4.79 Å². The van der Waals surface area contributed by atoms with Gasteiger partial charge in [0.1, 0.15) is 23.5 Å². The Morgan fingerprint density at radius 2 is 1.64 bits per heavy atom. The summed E-state index contributed by atoms with van der Waals surface area (Å²) in [6.45, 7) is 8.02. The number of halogens is 2. The van der Waals surface area contributed by atoms with E-state index in [2.05, 4.69) is 28.6 Å². The van der Waals surface area contributed by atoms with E-state index in [0.717, 1.165) is 30.2 Å². The van der Waals surface area contributed by atoms with Crippen LogP contribution in [0, 0.1) is 17.0 Å². The van der Waals surface area contributed by atoms with Gasteiger partial charge in [0.05, 0.1) is 17.8 Å². The molecule has 5 N–H and O–H groups in total. The minimum Gasteiger partial charge on any atom is -0.505 e. The molecule has 0 spiro atoms. The van der Waals surface area contributed by atoms with Gasteiger partial charge in [0.15, 0.2) is 5.69 Å². The number of nitrogens with one attached hydrogen (secondary N) is 2. The van der Waals surface area contributed by atoms with Crippen molar-refractivity contribution in [2.75, 3.05) is 6.54 Å². The van der Waals surface area contributed by atoms with E-state index < -0.39 is 47.0 Å². The van der Waals surface area contributed by atoms with Gasteiger partial charge in [0.2, 0.25) is 0 Å². The maximum absolute atomic E-state index is 13.9. The van der Waals surface area contributed by atoms with Crippen molar-refractivity contribution in [1.82, 2.24) is 15.6 Å². The highest BCUT2D eigenvalue weighted by atomic mass is 19.1. The molecule has 2 aromatic carbocycles. The van der Waals surface area contributed by atoms with Crippen LogP contribution in [0.15, 0.2) is 54.6 Å². The molecule has 210 valence electrons. The molecule has 9 heteroatoms. The van der Waals surface area contributed by atoms with Gasteiger partial charge < -0.3 is 26.0 Å². The molecule has 1 amide bonds. The van der Waals surface area contributed by atoms with E-state index in [1.54, 1.807) is 0 Å². The van der Waals surface area contributed by atoms with Gasteiger partial charge in [-0.1, -0.05) is 52.0 Å². The molecule has 0 fully saturated rings. The van der Waals surface area contributed by atoms with Gasteiger partial charge >= 0.3 is 0 Å². The number of aryl methyl sites for hydroxylation is 1. The minimum atomic E-state index is -1.15. The minimum absolute atomic E-state index is 0.0707. The van der Waals surface area contributed by atoms with Crippen LogP contribution in [-0.4, -0.2) is 44.9 Å². The van der Waals surface area contributed by atoms with Crippen molar-refractivity contribution in [2.24, 2.45) is 5.41 Å². The third kappa shape index (κ3) is 8.54. The van der Waals surface area contributed by atoms with E-state index in [1.165, 1.54) is 17.7 Å². The van der Waals surface area contributed by atoms with Crippen LogP contribution in [0.2, 0.25) is 0 Å². The number of hydrogen-bond acceptors (Lipinski definition) is 6. The summed E-state index contributed by atoms with van der Waals surface area (Å²) in [6, 6.07) is 12.7. The second-order valence-corrected chi connectivity index (χ2v) is 10.8. The Bertz CT molecular complexity index is 1260. The molecule has 0 saturated carbocycles. The summed E-state index contributed by atoms with van der Waals surface area (Å²) in [5, 5.41) is 37.8. The molecule has 0 aliphatic carbocycles. The molecular formula is C30H37F2N3O4. The molecule has 1 unspecified atom stereocenters. The summed E-state index contributed by atoms with van der Waals surface area (Å²) in [7, 11) is 0. The van der Waals surface area contributed by atoms with Crippen LogP contribution in [0.3, 0.4) is 0 Å². The van der Waals surface area contributed by atoms with Crippen molar-refractivity contribution < 1.29 is 28.9 Å². The van der Waals surface area contributed by atoms with Crippen molar-refractivity contribution in [1.29, 1.82) is 0 Å². The van der Waals surface area contributed by atoms with Crippen molar-refractivity contribution in [3.63, 3.8) is 0 Å². The summed E-state index contributed by atoms with van der Waals surface area (Å²) in [5.74, 6) is -2.76. The molecule has 0 radical (unpaired) electrons. The summed E-state index contributed by atoms with van der Waals surface area (Å²) in [6.07, 6.45) is -1.35. The fourth-order valence-electron chi connectivity index (χ4n) is 4.20. The summed E-state index contributed by atoms with van der Waals surface area (Å²) >= 11 is 0. The summed E-state index contributed by atoms with van der Waals surface area (Å²) in [5.41, 5.74) is 1.74. The number of hydrogen-bond donors (Lipinski definition) is 5. The number of carbonyl (C=O) groups is 1. The summed E-state index contributed by atoms with van der Waals surface area (Å²) in [4.78, 5) is 17.4. The maximum atomic E-state index is 13.9. The lowest BCUT2D eigenvalue weighted by atomic mass is 9.87. The molecule has 0 saturated heterocycles. The zero-order valence-corrected chi connectivity index (χ0v) is 22.7. The second kappa shape index (κ2) is 13.1. The molecule has 0 aliphatic heterocycles. The Balaban J connectivity index is 1.80. The zero-order chi connectivity index (χ0) is 28.7. The predicted molar refractivity (Wildman–Crippen MR) is 145 cm³/mol. The van der Waals surface area contributed by atoms with Crippen LogP contribution < -0.4 is 10.6 Å². The monoisotopic (exact) mass is 541 g/mol. The van der Waals surface area contributed by atoms with E-state index in [1.807, 2.05) is 39.0 Å².